The Labute approximate surface area is 175 Å². The monoisotopic (exact) mass is 431 g/mol. The number of aliphatic carboxylic acids is 1. The zero-order valence-corrected chi connectivity index (χ0v) is 16.8. The molecule has 0 N–H and O–H groups in total. The lowest BCUT2D eigenvalue weighted by atomic mass is 10.1. The minimum atomic E-state index is -1.34. The van der Waals surface area contributed by atoms with E-state index in [-0.39, 0.29) is 21.3 Å². The van der Waals surface area contributed by atoms with E-state index < -0.39 is 22.8 Å². The molecule has 29 heavy (non-hydrogen) atoms. The average molecular weight is 431 g/mol. The number of rotatable bonds is 7. The molecule has 1 unspecified atom stereocenters. The second-order valence-electron chi connectivity index (χ2n) is 6.18. The number of nitrogens with zero attached hydrogens (tertiary/aromatic N) is 2. The predicted octanol–water partition coefficient (Wildman–Crippen LogP) is 2.97. The van der Waals surface area contributed by atoms with Crippen LogP contribution in [0.1, 0.15) is 25.5 Å². The van der Waals surface area contributed by atoms with Crippen LogP contribution in [-0.2, 0) is 9.59 Å². The number of thiocarbonyl (C=S) groups is 1. The van der Waals surface area contributed by atoms with E-state index in [0.29, 0.717) is 23.5 Å². The molecule has 0 radical (unpaired) electrons. The molecule has 0 aliphatic carbocycles. The molecule has 1 atom stereocenters. The molecule has 3 rings (SSSR count). The van der Waals surface area contributed by atoms with Crippen molar-refractivity contribution in [2.24, 2.45) is 0 Å². The normalized spacial score (nSPS) is 16.4. The van der Waals surface area contributed by atoms with Crippen molar-refractivity contribution < 1.29 is 24.0 Å². The number of carbonyl (C=O) groups excluding carboxylic acids is 2. The molecule has 0 spiro atoms. The Kier molecular flexibility index (Phi) is 6.14. The molecule has 1 aliphatic heterocycles. The van der Waals surface area contributed by atoms with Crippen LogP contribution in [0.2, 0.25) is 0 Å². The molecular formula is C19H15N2O6S2-. The quantitative estimate of drug-likeness (QED) is 0.284. The molecule has 10 heteroatoms. The van der Waals surface area contributed by atoms with Crippen molar-refractivity contribution in [2.45, 2.75) is 25.8 Å². The molecule has 1 aliphatic rings. The molecule has 1 saturated heterocycles. The van der Waals surface area contributed by atoms with Crippen LogP contribution in [0.4, 0.5) is 5.69 Å². The molecular weight excluding hydrogens is 416 g/mol. The van der Waals surface area contributed by atoms with Crippen LogP contribution < -0.4 is 5.11 Å². The minimum Gasteiger partial charge on any atom is -0.548 e. The maximum Gasteiger partial charge on any atom is 0.269 e. The Morgan fingerprint density at radius 2 is 2.00 bits per heavy atom. The van der Waals surface area contributed by atoms with Gasteiger partial charge < -0.3 is 14.3 Å². The Morgan fingerprint density at radius 3 is 2.59 bits per heavy atom. The largest absolute Gasteiger partial charge is 0.548 e. The van der Waals surface area contributed by atoms with Crippen LogP contribution in [0.15, 0.2) is 45.7 Å². The lowest BCUT2D eigenvalue weighted by Gasteiger charge is -2.27. The lowest BCUT2D eigenvalue weighted by Crippen LogP contribution is -2.49. The fraction of sp³-hybridized carbons (Fsp3) is 0.211. The molecule has 0 saturated carbocycles. The van der Waals surface area contributed by atoms with E-state index in [9.17, 15) is 24.8 Å². The molecule has 1 amide bonds. The summed E-state index contributed by atoms with van der Waals surface area (Å²) in [6, 6.07) is 8.09. The molecule has 2 aromatic rings. The first-order valence-electron chi connectivity index (χ1n) is 8.64. The number of carboxylic acid groups (broad SMARTS) is 1. The summed E-state index contributed by atoms with van der Waals surface area (Å²) in [5, 5.41) is 22.2. The number of nitro benzene ring substituents is 1. The lowest BCUT2D eigenvalue weighted by molar-refractivity contribution is -0.384. The van der Waals surface area contributed by atoms with E-state index >= 15 is 0 Å². The summed E-state index contributed by atoms with van der Waals surface area (Å²) in [7, 11) is 0. The third-order valence-electron chi connectivity index (χ3n) is 4.23. The van der Waals surface area contributed by atoms with E-state index in [4.69, 9.17) is 16.6 Å². The van der Waals surface area contributed by atoms with Gasteiger partial charge in [-0.05, 0) is 30.7 Å². The van der Waals surface area contributed by atoms with E-state index in [1.165, 1.54) is 18.2 Å². The summed E-state index contributed by atoms with van der Waals surface area (Å²) >= 11 is 6.19. The molecule has 1 aromatic heterocycles. The SMILES string of the molecule is CCCC(C(=O)[O-])N1C(=O)C(=Cc2ccc(-c3ccc([N+](=O)[O-])cc3)o2)SC1=S. The topological polar surface area (TPSA) is 117 Å². The minimum absolute atomic E-state index is 0.0289. The first kappa shape index (κ1) is 20.7. The van der Waals surface area contributed by atoms with Gasteiger partial charge in [0.05, 0.1) is 21.8 Å². The number of hydrogen-bond donors (Lipinski definition) is 0. The Balaban J connectivity index is 1.82. The number of amides is 1. The van der Waals surface area contributed by atoms with Crippen molar-refractivity contribution in [3.63, 3.8) is 0 Å². The third-order valence-corrected chi connectivity index (χ3v) is 5.56. The number of nitro groups is 1. The van der Waals surface area contributed by atoms with Crippen LogP contribution in [0.5, 0.6) is 0 Å². The summed E-state index contributed by atoms with van der Waals surface area (Å²) < 4.78 is 5.86. The Bertz CT molecular complexity index is 1010. The number of thioether (sulfide) groups is 1. The molecule has 8 nitrogen and oxygen atoms in total. The van der Waals surface area contributed by atoms with Gasteiger partial charge in [-0.1, -0.05) is 37.3 Å². The van der Waals surface area contributed by atoms with Gasteiger partial charge in [0.1, 0.15) is 15.8 Å². The zero-order chi connectivity index (χ0) is 21.1. The first-order valence-corrected chi connectivity index (χ1v) is 9.87. The maximum absolute atomic E-state index is 12.7. The molecule has 150 valence electrons. The molecule has 2 heterocycles. The highest BCUT2D eigenvalue weighted by atomic mass is 32.2. The second-order valence-corrected chi connectivity index (χ2v) is 7.86. The summed E-state index contributed by atoms with van der Waals surface area (Å²) in [5.41, 5.74) is 0.613. The number of non-ortho nitro benzene ring substituents is 1. The van der Waals surface area contributed by atoms with Gasteiger partial charge in [0.2, 0.25) is 0 Å². The third kappa shape index (κ3) is 4.38. The number of benzene rings is 1. The number of furan rings is 1. The fourth-order valence-corrected chi connectivity index (χ4v) is 4.17. The van der Waals surface area contributed by atoms with Crippen molar-refractivity contribution in [3.8, 4) is 11.3 Å². The number of hydrogen-bond acceptors (Lipinski definition) is 8. The molecule has 1 fully saturated rings. The number of carbonyl (C=O) groups is 2. The number of carboxylic acids is 1. The Hall–Kier alpha value is -2.98. The van der Waals surface area contributed by atoms with E-state index in [0.717, 1.165) is 16.7 Å². The van der Waals surface area contributed by atoms with Gasteiger partial charge >= 0.3 is 0 Å². The van der Waals surface area contributed by atoms with Crippen LogP contribution in [0.3, 0.4) is 0 Å². The fourth-order valence-electron chi connectivity index (χ4n) is 2.84. The summed E-state index contributed by atoms with van der Waals surface area (Å²) in [5.74, 6) is -1.00. The van der Waals surface area contributed by atoms with Gasteiger partial charge in [0.25, 0.3) is 11.6 Å². The van der Waals surface area contributed by atoms with Gasteiger partial charge in [0.15, 0.2) is 0 Å². The van der Waals surface area contributed by atoms with Crippen LogP contribution in [0, 0.1) is 10.1 Å². The van der Waals surface area contributed by atoms with Crippen LogP contribution >= 0.6 is 24.0 Å². The van der Waals surface area contributed by atoms with Crippen molar-refractivity contribution >= 4 is 51.9 Å². The predicted molar refractivity (Wildman–Crippen MR) is 110 cm³/mol. The summed E-state index contributed by atoms with van der Waals surface area (Å²) in [6.07, 6.45) is 2.30. The molecule has 0 bridgehead atoms. The van der Waals surface area contributed by atoms with Gasteiger partial charge in [-0.3, -0.25) is 19.8 Å². The standard InChI is InChI=1S/C19H16N2O6S2/c1-2-3-14(18(23)24)20-17(22)16(29-19(20)28)10-13-8-9-15(27-13)11-4-6-12(7-5-11)21(25)26/h4-10,14H,2-3H2,1H3,(H,23,24)/p-1. The van der Waals surface area contributed by atoms with E-state index in [1.54, 1.807) is 24.3 Å². The van der Waals surface area contributed by atoms with Crippen molar-refractivity contribution in [3.05, 3.63) is 57.2 Å². The average Bonchev–Trinajstić information content (AvgIpc) is 3.25. The van der Waals surface area contributed by atoms with Crippen molar-refractivity contribution in [2.75, 3.05) is 0 Å². The second kappa shape index (κ2) is 8.58. The van der Waals surface area contributed by atoms with E-state index in [2.05, 4.69) is 0 Å². The first-order chi connectivity index (χ1) is 13.8. The zero-order valence-electron chi connectivity index (χ0n) is 15.2. The smallest absolute Gasteiger partial charge is 0.269 e. The molecule has 1 aromatic carbocycles. The van der Waals surface area contributed by atoms with Gasteiger partial charge in [0, 0.05) is 23.8 Å². The maximum atomic E-state index is 12.7. The van der Waals surface area contributed by atoms with Crippen molar-refractivity contribution in [1.82, 2.24) is 4.90 Å². The highest BCUT2D eigenvalue weighted by Crippen LogP contribution is 2.35. The van der Waals surface area contributed by atoms with E-state index in [1.807, 2.05) is 6.92 Å². The highest BCUT2D eigenvalue weighted by Gasteiger charge is 2.37. The summed E-state index contributed by atoms with van der Waals surface area (Å²) in [4.78, 5) is 35.7. The highest BCUT2D eigenvalue weighted by molar-refractivity contribution is 8.26. The van der Waals surface area contributed by atoms with Gasteiger partial charge in [-0.2, -0.15) is 0 Å². The van der Waals surface area contributed by atoms with Crippen molar-refractivity contribution in [1.29, 1.82) is 0 Å². The van der Waals surface area contributed by atoms with Crippen LogP contribution in [0.25, 0.3) is 17.4 Å². The Morgan fingerprint density at radius 1 is 1.31 bits per heavy atom. The van der Waals surface area contributed by atoms with Gasteiger partial charge in [-0.25, -0.2) is 0 Å². The van der Waals surface area contributed by atoms with Crippen LogP contribution in [-0.4, -0.2) is 32.1 Å². The van der Waals surface area contributed by atoms with Gasteiger partial charge in [-0.15, -0.1) is 0 Å². The summed E-state index contributed by atoms with van der Waals surface area (Å²) in [6.45, 7) is 1.81.